The minimum atomic E-state index is -0.744. The second-order valence-corrected chi connectivity index (χ2v) is 6.66. The highest BCUT2D eigenvalue weighted by molar-refractivity contribution is 7.99. The summed E-state index contributed by atoms with van der Waals surface area (Å²) in [5, 5.41) is 10.3. The Balaban J connectivity index is 2.76. The molecule has 0 amide bonds. The molecule has 7 nitrogen and oxygen atoms in total. The fourth-order valence-corrected chi connectivity index (χ4v) is 3.20. The lowest BCUT2D eigenvalue weighted by Crippen LogP contribution is -2.51. The Labute approximate surface area is 128 Å². The van der Waals surface area contributed by atoms with E-state index in [9.17, 15) is 9.59 Å². The molecule has 0 fully saturated rings. The molecule has 120 valence electrons. The van der Waals surface area contributed by atoms with Gasteiger partial charge in [0.25, 0.3) is 0 Å². The minimum Gasteiger partial charge on any atom is -0.468 e. The number of hydrogen-bond donors (Lipinski definition) is 2. The third-order valence-corrected chi connectivity index (χ3v) is 4.39. The van der Waals surface area contributed by atoms with Gasteiger partial charge in [-0.1, -0.05) is 25.6 Å². The fraction of sp³-hybridized carbons (Fsp3) is 0.769. The summed E-state index contributed by atoms with van der Waals surface area (Å²) < 4.78 is 6.36. The molecule has 0 spiro atoms. The van der Waals surface area contributed by atoms with Crippen LogP contribution in [0.3, 0.4) is 0 Å². The van der Waals surface area contributed by atoms with Gasteiger partial charge in [-0.25, -0.2) is 9.89 Å². The lowest BCUT2D eigenvalue weighted by Gasteiger charge is -2.30. The van der Waals surface area contributed by atoms with E-state index >= 15 is 0 Å². The van der Waals surface area contributed by atoms with Crippen LogP contribution in [0.2, 0.25) is 0 Å². The summed E-state index contributed by atoms with van der Waals surface area (Å²) in [6, 6.07) is 0. The second-order valence-electron chi connectivity index (χ2n) is 5.25. The summed E-state index contributed by atoms with van der Waals surface area (Å²) in [7, 11) is 3.05. The van der Waals surface area contributed by atoms with Gasteiger partial charge >= 0.3 is 11.7 Å². The number of esters is 1. The molecule has 0 aliphatic rings. The molecule has 8 heteroatoms. The molecular weight excluding hydrogens is 292 g/mol. The predicted molar refractivity (Wildman–Crippen MR) is 82.5 cm³/mol. The Kier molecular flexibility index (Phi) is 6.47. The zero-order chi connectivity index (χ0) is 16.0. The largest absolute Gasteiger partial charge is 0.468 e. The molecule has 1 heterocycles. The Morgan fingerprint density at radius 2 is 2.29 bits per heavy atom. The van der Waals surface area contributed by atoms with Crippen LogP contribution in [0, 0.1) is 0 Å². The summed E-state index contributed by atoms with van der Waals surface area (Å²) in [6.45, 7) is 6.63. The zero-order valence-corrected chi connectivity index (χ0v) is 14.0. The van der Waals surface area contributed by atoms with Crippen LogP contribution in [0.4, 0.5) is 0 Å². The number of nitrogens with zero attached hydrogens (tertiary/aromatic N) is 2. The van der Waals surface area contributed by atoms with Crippen molar-refractivity contribution < 1.29 is 9.53 Å². The number of aromatic amines is 1. The summed E-state index contributed by atoms with van der Waals surface area (Å²) in [6.07, 6.45) is 1.51. The molecule has 2 N–H and O–H groups in total. The second kappa shape index (κ2) is 7.65. The maximum absolute atomic E-state index is 12.0. The van der Waals surface area contributed by atoms with Crippen LogP contribution in [0.5, 0.6) is 0 Å². The average Bonchev–Trinajstić information content (AvgIpc) is 2.76. The van der Waals surface area contributed by atoms with Crippen molar-refractivity contribution in [2.75, 3.05) is 13.7 Å². The van der Waals surface area contributed by atoms with Gasteiger partial charge in [0.2, 0.25) is 0 Å². The molecule has 21 heavy (non-hydrogen) atoms. The summed E-state index contributed by atoms with van der Waals surface area (Å²) in [5.74, 6) is -0.278. The highest BCUT2D eigenvalue weighted by Gasteiger charge is 2.35. The Morgan fingerprint density at radius 1 is 1.62 bits per heavy atom. The first kappa shape index (κ1) is 17.8. The van der Waals surface area contributed by atoms with Crippen molar-refractivity contribution in [3.05, 3.63) is 10.5 Å². The van der Waals surface area contributed by atoms with Crippen molar-refractivity contribution in [2.45, 2.75) is 49.6 Å². The number of aromatic nitrogens is 3. The number of hydrogen-bond acceptors (Lipinski definition) is 6. The number of ether oxygens (including phenoxy) is 1. The highest BCUT2D eigenvalue weighted by Crippen LogP contribution is 2.27. The van der Waals surface area contributed by atoms with Crippen LogP contribution in [0.25, 0.3) is 0 Å². The van der Waals surface area contributed by atoms with Crippen molar-refractivity contribution in [2.24, 2.45) is 7.05 Å². The lowest BCUT2D eigenvalue weighted by atomic mass is 9.96. The van der Waals surface area contributed by atoms with Crippen molar-refractivity contribution in [1.29, 1.82) is 0 Å². The van der Waals surface area contributed by atoms with Crippen LogP contribution in [0.15, 0.2) is 9.95 Å². The van der Waals surface area contributed by atoms with Gasteiger partial charge in [-0.2, -0.15) is 0 Å². The molecule has 0 bridgehead atoms. The Morgan fingerprint density at radius 3 is 2.76 bits per heavy atom. The Bertz CT molecular complexity index is 528. The highest BCUT2D eigenvalue weighted by atomic mass is 32.2. The normalized spacial score (nSPS) is 15.5. The first-order valence-electron chi connectivity index (χ1n) is 6.95. The molecule has 2 atom stereocenters. The van der Waals surface area contributed by atoms with Gasteiger partial charge in [0.15, 0.2) is 5.16 Å². The standard InChI is InChI=1S/C13H24N4O3S/c1-6-7-14-13(3,10(18)20-5)8-9(2)21-12-16-15-11(19)17(12)4/h9,14H,6-8H2,1-5H3,(H,15,19). The van der Waals surface area contributed by atoms with E-state index in [2.05, 4.69) is 15.5 Å². The van der Waals surface area contributed by atoms with Crippen LogP contribution in [-0.2, 0) is 16.6 Å². The van der Waals surface area contributed by atoms with Crippen LogP contribution in [0.1, 0.15) is 33.6 Å². The van der Waals surface area contributed by atoms with E-state index in [-0.39, 0.29) is 16.9 Å². The van der Waals surface area contributed by atoms with E-state index in [1.807, 2.05) is 20.8 Å². The zero-order valence-electron chi connectivity index (χ0n) is 13.2. The minimum absolute atomic E-state index is 0.0901. The van der Waals surface area contributed by atoms with Crippen molar-refractivity contribution in [3.63, 3.8) is 0 Å². The summed E-state index contributed by atoms with van der Waals surface area (Å²) in [5.41, 5.74) is -0.989. The molecule has 0 saturated carbocycles. The van der Waals surface area contributed by atoms with Gasteiger partial charge in [-0.15, -0.1) is 5.10 Å². The first-order valence-corrected chi connectivity index (χ1v) is 7.83. The maximum atomic E-state index is 12.0. The average molecular weight is 316 g/mol. The molecule has 0 radical (unpaired) electrons. The van der Waals surface area contributed by atoms with E-state index in [0.717, 1.165) is 13.0 Å². The fourth-order valence-electron chi connectivity index (χ4n) is 2.09. The van der Waals surface area contributed by atoms with Crippen LogP contribution in [-0.4, -0.2) is 45.2 Å². The maximum Gasteiger partial charge on any atom is 0.343 e. The number of carbonyl (C=O) groups is 1. The van der Waals surface area contributed by atoms with Gasteiger partial charge in [0, 0.05) is 12.3 Å². The van der Waals surface area contributed by atoms with E-state index in [4.69, 9.17) is 4.74 Å². The molecule has 0 aliphatic heterocycles. The van der Waals surface area contributed by atoms with E-state index in [1.54, 1.807) is 7.05 Å². The van der Waals surface area contributed by atoms with Gasteiger partial charge < -0.3 is 10.1 Å². The predicted octanol–water partition coefficient (Wildman–Crippen LogP) is 0.910. The number of thioether (sulfide) groups is 1. The molecule has 1 rings (SSSR count). The number of methoxy groups -OCH3 is 1. The SMILES string of the molecule is CCCNC(C)(CC(C)Sc1n[nH]c(=O)n1C)C(=O)OC. The Hall–Kier alpha value is -1.28. The molecule has 0 aliphatic carbocycles. The van der Waals surface area contributed by atoms with Gasteiger partial charge in [0.1, 0.15) is 5.54 Å². The molecule has 2 unspecified atom stereocenters. The number of nitrogens with one attached hydrogen (secondary N) is 2. The van der Waals surface area contributed by atoms with Gasteiger partial charge in [-0.3, -0.25) is 9.36 Å². The molecule has 1 aromatic heterocycles. The third kappa shape index (κ3) is 4.60. The molecule has 0 saturated heterocycles. The number of carbonyl (C=O) groups excluding carboxylic acids is 1. The number of rotatable bonds is 8. The quantitative estimate of drug-likeness (QED) is 0.547. The first-order chi connectivity index (χ1) is 9.84. The van der Waals surface area contributed by atoms with Gasteiger partial charge in [0.05, 0.1) is 7.11 Å². The third-order valence-electron chi connectivity index (χ3n) is 3.24. The molecule has 1 aromatic rings. The topological polar surface area (TPSA) is 89.0 Å². The van der Waals surface area contributed by atoms with E-state index < -0.39 is 5.54 Å². The number of H-pyrrole nitrogens is 1. The van der Waals surface area contributed by atoms with E-state index in [0.29, 0.717) is 11.6 Å². The van der Waals surface area contributed by atoms with Crippen LogP contribution < -0.4 is 11.0 Å². The van der Waals surface area contributed by atoms with Gasteiger partial charge in [-0.05, 0) is 26.3 Å². The van der Waals surface area contributed by atoms with Crippen molar-refractivity contribution in [1.82, 2.24) is 20.1 Å². The van der Waals surface area contributed by atoms with Crippen molar-refractivity contribution >= 4 is 17.7 Å². The lowest BCUT2D eigenvalue weighted by molar-refractivity contribution is -0.148. The van der Waals surface area contributed by atoms with Crippen molar-refractivity contribution in [3.8, 4) is 0 Å². The monoisotopic (exact) mass is 316 g/mol. The molecular formula is C13H24N4O3S. The molecule has 0 aromatic carbocycles. The summed E-state index contributed by atoms with van der Waals surface area (Å²) in [4.78, 5) is 23.4. The summed E-state index contributed by atoms with van der Waals surface area (Å²) >= 11 is 1.45. The smallest absolute Gasteiger partial charge is 0.343 e. The van der Waals surface area contributed by atoms with Crippen LogP contribution >= 0.6 is 11.8 Å². The van der Waals surface area contributed by atoms with E-state index in [1.165, 1.54) is 23.4 Å².